The van der Waals surface area contributed by atoms with Crippen LogP contribution in [0, 0.1) is 17.4 Å². The molecule has 0 saturated carbocycles. The maximum Gasteiger partial charge on any atom is 0.257 e. The molecule has 0 aliphatic carbocycles. The van der Waals surface area contributed by atoms with Crippen molar-refractivity contribution in [2.45, 2.75) is 26.3 Å². The van der Waals surface area contributed by atoms with Crippen molar-refractivity contribution in [2.75, 3.05) is 45.2 Å². The third kappa shape index (κ3) is 5.69. The Morgan fingerprint density at radius 2 is 1.78 bits per heavy atom. The zero-order valence-corrected chi connectivity index (χ0v) is 16.6. The minimum atomic E-state index is -0.709. The van der Waals surface area contributed by atoms with Gasteiger partial charge in [0, 0.05) is 44.5 Å². The highest BCUT2D eigenvalue weighted by atomic mass is 16.2. The van der Waals surface area contributed by atoms with Gasteiger partial charge in [0.05, 0.1) is 0 Å². The van der Waals surface area contributed by atoms with Crippen LogP contribution in [0.5, 0.6) is 0 Å². The predicted molar refractivity (Wildman–Crippen MR) is 105 cm³/mol. The van der Waals surface area contributed by atoms with Crippen molar-refractivity contribution < 1.29 is 9.59 Å². The van der Waals surface area contributed by atoms with E-state index < -0.39 is 11.9 Å². The summed E-state index contributed by atoms with van der Waals surface area (Å²) < 4.78 is 0. The lowest BCUT2D eigenvalue weighted by atomic mass is 10.0. The Hall–Kier alpha value is -2.59. The summed E-state index contributed by atoms with van der Waals surface area (Å²) in [7, 11) is 3.52. The number of likely N-dealkylation sites (N-methyl/N-ethyl adjacent to an activating group) is 2. The number of hydrogen-bond donors (Lipinski definition) is 1. The van der Waals surface area contributed by atoms with Gasteiger partial charge in [-0.2, -0.15) is 5.26 Å². The van der Waals surface area contributed by atoms with Crippen molar-refractivity contribution in [1.82, 2.24) is 15.1 Å². The first-order chi connectivity index (χ1) is 12.8. The van der Waals surface area contributed by atoms with Crippen LogP contribution in [-0.4, -0.2) is 67.9 Å². The second-order valence-corrected chi connectivity index (χ2v) is 7.49. The summed E-state index contributed by atoms with van der Waals surface area (Å²) in [6.07, 6.45) is 2.28. The van der Waals surface area contributed by atoms with E-state index in [1.54, 1.807) is 18.3 Å². The van der Waals surface area contributed by atoms with Gasteiger partial charge >= 0.3 is 0 Å². The van der Waals surface area contributed by atoms with Crippen LogP contribution in [0.25, 0.3) is 0 Å². The summed E-state index contributed by atoms with van der Waals surface area (Å²) in [6, 6.07) is 6.75. The largest absolute Gasteiger partial charge is 0.369 e. The van der Waals surface area contributed by atoms with Gasteiger partial charge in [-0.15, -0.1) is 0 Å². The van der Waals surface area contributed by atoms with E-state index in [-0.39, 0.29) is 11.8 Å². The van der Waals surface area contributed by atoms with Gasteiger partial charge in [-0.3, -0.25) is 14.5 Å². The van der Waals surface area contributed by atoms with Crippen LogP contribution in [0.4, 0.5) is 5.69 Å². The molecule has 0 bridgehead atoms. The standard InChI is InChI=1S/C20H29N5O2/c1-15(2)13-18(20(27)24(4)14-21)22-19(26)16-5-7-17(8-6-16)25-11-9-23(3)10-12-25/h5-8,15,18H,9-13H2,1-4H3,(H,22,26)/t18-/m0/s1. The van der Waals surface area contributed by atoms with Gasteiger partial charge in [0.25, 0.3) is 11.8 Å². The van der Waals surface area contributed by atoms with Gasteiger partial charge in [0.15, 0.2) is 6.19 Å². The van der Waals surface area contributed by atoms with Crippen molar-refractivity contribution >= 4 is 17.5 Å². The molecule has 1 aromatic rings. The molecular weight excluding hydrogens is 342 g/mol. The Labute approximate surface area is 161 Å². The lowest BCUT2D eigenvalue weighted by Gasteiger charge is -2.34. The fourth-order valence-electron chi connectivity index (χ4n) is 3.11. The van der Waals surface area contributed by atoms with E-state index in [0.717, 1.165) is 36.8 Å². The van der Waals surface area contributed by atoms with Gasteiger partial charge in [-0.1, -0.05) is 13.8 Å². The number of nitrogens with zero attached hydrogens (tertiary/aromatic N) is 4. The summed E-state index contributed by atoms with van der Waals surface area (Å²) in [5.74, 6) is -0.482. The molecule has 1 aliphatic rings. The third-order valence-corrected chi connectivity index (χ3v) is 4.79. The van der Waals surface area contributed by atoms with E-state index in [9.17, 15) is 9.59 Å². The lowest BCUT2D eigenvalue weighted by molar-refractivity contribution is -0.129. The number of nitriles is 1. The van der Waals surface area contributed by atoms with Crippen LogP contribution >= 0.6 is 0 Å². The molecule has 0 spiro atoms. The second-order valence-electron chi connectivity index (χ2n) is 7.49. The van der Waals surface area contributed by atoms with Gasteiger partial charge in [-0.05, 0) is 43.7 Å². The van der Waals surface area contributed by atoms with Crippen LogP contribution in [0.3, 0.4) is 0 Å². The Kier molecular flexibility index (Phi) is 7.19. The molecule has 1 aliphatic heterocycles. The summed E-state index contributed by atoms with van der Waals surface area (Å²) in [5, 5.41) is 11.7. The first-order valence-corrected chi connectivity index (χ1v) is 9.33. The molecule has 1 atom stereocenters. The molecule has 2 rings (SSSR count). The second kappa shape index (κ2) is 9.38. The maximum absolute atomic E-state index is 12.6. The van der Waals surface area contributed by atoms with E-state index in [1.165, 1.54) is 7.05 Å². The SMILES string of the molecule is CC(C)C[C@H](NC(=O)c1ccc(N2CCN(C)CC2)cc1)C(=O)N(C)C#N. The number of rotatable bonds is 6. The van der Waals surface area contributed by atoms with Gasteiger partial charge in [-0.25, -0.2) is 0 Å². The highest BCUT2D eigenvalue weighted by Gasteiger charge is 2.25. The molecule has 27 heavy (non-hydrogen) atoms. The number of piperazine rings is 1. The number of hydrogen-bond acceptors (Lipinski definition) is 5. The molecular formula is C20H29N5O2. The number of carbonyl (C=O) groups excluding carboxylic acids is 2. The Morgan fingerprint density at radius 3 is 2.30 bits per heavy atom. The Balaban J connectivity index is 2.04. The molecule has 1 saturated heterocycles. The smallest absolute Gasteiger partial charge is 0.257 e. The topological polar surface area (TPSA) is 79.7 Å². The average Bonchev–Trinajstić information content (AvgIpc) is 2.66. The molecule has 1 N–H and O–H groups in total. The van der Waals surface area contributed by atoms with Crippen molar-refractivity contribution in [3.8, 4) is 6.19 Å². The monoisotopic (exact) mass is 371 g/mol. The Morgan fingerprint density at radius 1 is 1.19 bits per heavy atom. The zero-order valence-electron chi connectivity index (χ0n) is 16.6. The summed E-state index contributed by atoms with van der Waals surface area (Å²) in [5.41, 5.74) is 1.60. The molecule has 7 nitrogen and oxygen atoms in total. The van der Waals surface area contributed by atoms with E-state index in [4.69, 9.17) is 5.26 Å². The van der Waals surface area contributed by atoms with Gasteiger partial charge in [0.2, 0.25) is 0 Å². The summed E-state index contributed by atoms with van der Waals surface area (Å²) in [6.45, 7) is 7.93. The van der Waals surface area contributed by atoms with E-state index in [2.05, 4.69) is 22.2 Å². The lowest BCUT2D eigenvalue weighted by Crippen LogP contribution is -2.46. The molecule has 146 valence electrons. The highest BCUT2D eigenvalue weighted by Crippen LogP contribution is 2.17. The summed E-state index contributed by atoms with van der Waals surface area (Å²) >= 11 is 0. The molecule has 1 heterocycles. The van der Waals surface area contributed by atoms with E-state index in [1.807, 2.05) is 26.0 Å². The van der Waals surface area contributed by atoms with Crippen molar-refractivity contribution in [2.24, 2.45) is 5.92 Å². The molecule has 1 fully saturated rings. The first kappa shape index (κ1) is 20.7. The van der Waals surface area contributed by atoms with Gasteiger partial charge in [0.1, 0.15) is 6.04 Å². The minimum Gasteiger partial charge on any atom is -0.369 e. The van der Waals surface area contributed by atoms with E-state index in [0.29, 0.717) is 12.0 Å². The van der Waals surface area contributed by atoms with Crippen molar-refractivity contribution in [3.63, 3.8) is 0 Å². The summed E-state index contributed by atoms with van der Waals surface area (Å²) in [4.78, 5) is 30.5. The number of benzene rings is 1. The fraction of sp³-hybridized carbons (Fsp3) is 0.550. The average molecular weight is 371 g/mol. The molecule has 1 aromatic carbocycles. The molecule has 0 unspecified atom stereocenters. The molecule has 0 aromatic heterocycles. The van der Waals surface area contributed by atoms with E-state index >= 15 is 0 Å². The first-order valence-electron chi connectivity index (χ1n) is 9.33. The number of nitrogens with one attached hydrogen (secondary N) is 1. The van der Waals surface area contributed by atoms with Crippen LogP contribution in [0.2, 0.25) is 0 Å². The number of amides is 2. The third-order valence-electron chi connectivity index (χ3n) is 4.79. The van der Waals surface area contributed by atoms with Crippen molar-refractivity contribution in [3.05, 3.63) is 29.8 Å². The highest BCUT2D eigenvalue weighted by molar-refractivity contribution is 5.98. The minimum absolute atomic E-state index is 0.214. The number of anilines is 1. The maximum atomic E-state index is 12.6. The van der Waals surface area contributed by atoms with Gasteiger partial charge < -0.3 is 15.1 Å². The number of carbonyl (C=O) groups is 2. The fourth-order valence-corrected chi connectivity index (χ4v) is 3.11. The van der Waals surface area contributed by atoms with Crippen LogP contribution in [-0.2, 0) is 4.79 Å². The predicted octanol–water partition coefficient (Wildman–Crippen LogP) is 1.52. The molecule has 7 heteroatoms. The van der Waals surface area contributed by atoms with Crippen LogP contribution in [0.1, 0.15) is 30.6 Å². The molecule has 0 radical (unpaired) electrons. The zero-order chi connectivity index (χ0) is 20.0. The van der Waals surface area contributed by atoms with Crippen molar-refractivity contribution in [1.29, 1.82) is 5.26 Å². The van der Waals surface area contributed by atoms with Crippen LogP contribution in [0.15, 0.2) is 24.3 Å². The Bertz CT molecular complexity index is 687. The molecule has 2 amide bonds. The van der Waals surface area contributed by atoms with Crippen LogP contribution < -0.4 is 10.2 Å². The normalized spacial score (nSPS) is 15.9. The quantitative estimate of drug-likeness (QED) is 0.606.